The Morgan fingerprint density at radius 1 is 1.33 bits per heavy atom. The number of halogens is 1. The van der Waals surface area contributed by atoms with Gasteiger partial charge in [0, 0.05) is 11.8 Å². The van der Waals surface area contributed by atoms with Crippen molar-refractivity contribution in [3.05, 3.63) is 23.2 Å². The van der Waals surface area contributed by atoms with Gasteiger partial charge < -0.3 is 10.5 Å². The van der Waals surface area contributed by atoms with Crippen molar-refractivity contribution in [2.45, 2.75) is 33.6 Å². The lowest BCUT2D eigenvalue weighted by molar-refractivity contribution is 0.310. The minimum absolute atomic E-state index is 0.616. The summed E-state index contributed by atoms with van der Waals surface area (Å²) >= 11 is 5.89. The first-order valence-electron chi connectivity index (χ1n) is 5.42. The van der Waals surface area contributed by atoms with Crippen molar-refractivity contribution in [3.8, 4) is 5.75 Å². The van der Waals surface area contributed by atoms with Crippen molar-refractivity contribution < 1.29 is 4.74 Å². The second kappa shape index (κ2) is 8.42. The van der Waals surface area contributed by atoms with Gasteiger partial charge in [-0.2, -0.15) is 0 Å². The molecule has 2 N–H and O–H groups in total. The molecule has 0 spiro atoms. The van der Waals surface area contributed by atoms with Gasteiger partial charge in [-0.05, 0) is 18.6 Å². The molecule has 0 saturated carbocycles. The van der Waals surface area contributed by atoms with Crippen LogP contribution < -0.4 is 10.5 Å². The smallest absolute Gasteiger partial charge is 0.139 e. The van der Waals surface area contributed by atoms with Crippen LogP contribution in [0.1, 0.15) is 33.6 Å². The number of hydrogen-bond acceptors (Lipinski definition) is 2. The van der Waals surface area contributed by atoms with E-state index in [1.807, 2.05) is 13.8 Å². The van der Waals surface area contributed by atoms with Gasteiger partial charge in [0.15, 0.2) is 0 Å². The first-order chi connectivity index (χ1) is 7.24. The van der Waals surface area contributed by atoms with Gasteiger partial charge in [0.05, 0.1) is 11.6 Å². The van der Waals surface area contributed by atoms with E-state index in [9.17, 15) is 0 Å². The molecule has 0 fully saturated rings. The molecular formula is C12H20ClNO. The van der Waals surface area contributed by atoms with E-state index in [-0.39, 0.29) is 0 Å². The number of nitrogens with two attached hydrogens (primary N) is 1. The summed E-state index contributed by atoms with van der Waals surface area (Å²) in [4.78, 5) is 0. The van der Waals surface area contributed by atoms with E-state index in [0.717, 1.165) is 12.8 Å². The lowest BCUT2D eigenvalue weighted by Crippen LogP contribution is -1.97. The van der Waals surface area contributed by atoms with Gasteiger partial charge in [-0.1, -0.05) is 38.8 Å². The lowest BCUT2D eigenvalue weighted by atomic mass is 10.3. The van der Waals surface area contributed by atoms with Crippen LogP contribution >= 0.6 is 11.6 Å². The molecule has 2 nitrogen and oxygen atoms in total. The molecule has 0 aliphatic heterocycles. The normalized spacial score (nSPS) is 9.07. The van der Waals surface area contributed by atoms with Crippen LogP contribution in [0.2, 0.25) is 5.02 Å². The number of unbranched alkanes of at least 4 members (excludes halogenated alkanes) is 1. The molecule has 1 rings (SSSR count). The maximum atomic E-state index is 5.89. The summed E-state index contributed by atoms with van der Waals surface area (Å²) < 4.78 is 5.45. The van der Waals surface area contributed by atoms with Crippen molar-refractivity contribution in [1.29, 1.82) is 0 Å². The van der Waals surface area contributed by atoms with Gasteiger partial charge in [0.1, 0.15) is 5.75 Å². The third-order valence-electron chi connectivity index (χ3n) is 1.71. The topological polar surface area (TPSA) is 35.2 Å². The van der Waals surface area contributed by atoms with E-state index in [2.05, 4.69) is 6.92 Å². The predicted octanol–water partition coefficient (Wildman–Crippen LogP) is 4.13. The summed E-state index contributed by atoms with van der Waals surface area (Å²) in [7, 11) is 0. The van der Waals surface area contributed by atoms with Gasteiger partial charge in [-0.25, -0.2) is 0 Å². The molecular weight excluding hydrogens is 210 g/mol. The Balaban J connectivity index is 0.000000921. The van der Waals surface area contributed by atoms with Crippen molar-refractivity contribution in [3.63, 3.8) is 0 Å². The summed E-state index contributed by atoms with van der Waals surface area (Å²) in [5, 5.41) is 0.616. The minimum Gasteiger partial charge on any atom is -0.492 e. The van der Waals surface area contributed by atoms with E-state index < -0.39 is 0 Å². The van der Waals surface area contributed by atoms with Crippen LogP contribution in [0.25, 0.3) is 0 Å². The molecule has 1 aromatic carbocycles. The Labute approximate surface area is 97.4 Å². The Morgan fingerprint density at radius 3 is 2.60 bits per heavy atom. The van der Waals surface area contributed by atoms with Gasteiger partial charge in [-0.15, -0.1) is 0 Å². The van der Waals surface area contributed by atoms with Crippen LogP contribution in [0.15, 0.2) is 18.2 Å². The van der Waals surface area contributed by atoms with Crippen LogP contribution in [0.3, 0.4) is 0 Å². The van der Waals surface area contributed by atoms with E-state index >= 15 is 0 Å². The summed E-state index contributed by atoms with van der Waals surface area (Å²) in [6.07, 6.45) is 2.14. The molecule has 0 unspecified atom stereocenters. The zero-order valence-electron chi connectivity index (χ0n) is 9.72. The van der Waals surface area contributed by atoms with Crippen molar-refractivity contribution in [2.75, 3.05) is 12.3 Å². The Morgan fingerprint density at radius 2 is 2.00 bits per heavy atom. The number of hydrogen-bond donors (Lipinski definition) is 1. The van der Waals surface area contributed by atoms with Crippen LogP contribution in [0.5, 0.6) is 5.75 Å². The quantitative estimate of drug-likeness (QED) is 0.623. The predicted molar refractivity (Wildman–Crippen MR) is 67.6 cm³/mol. The molecule has 0 aliphatic carbocycles. The van der Waals surface area contributed by atoms with Crippen LogP contribution in [-0.4, -0.2) is 6.61 Å². The maximum Gasteiger partial charge on any atom is 0.139 e. The average molecular weight is 230 g/mol. The molecule has 0 aliphatic rings. The fourth-order valence-electron chi connectivity index (χ4n) is 0.957. The standard InChI is InChI=1S/C10H14ClNO.C2H6/c1-2-3-6-13-10-7-8(12)4-5-9(10)11;1-2/h4-5,7H,2-3,6,12H2,1H3;1-2H3. The third-order valence-corrected chi connectivity index (χ3v) is 2.02. The van der Waals surface area contributed by atoms with Crippen molar-refractivity contribution >= 4 is 17.3 Å². The monoisotopic (exact) mass is 229 g/mol. The number of benzene rings is 1. The summed E-state index contributed by atoms with van der Waals surface area (Å²) in [6, 6.07) is 5.26. The highest BCUT2D eigenvalue weighted by Gasteiger charge is 2.00. The largest absolute Gasteiger partial charge is 0.492 e. The van der Waals surface area contributed by atoms with E-state index in [1.54, 1.807) is 18.2 Å². The minimum atomic E-state index is 0.616. The van der Waals surface area contributed by atoms with Crippen LogP contribution in [0.4, 0.5) is 5.69 Å². The van der Waals surface area contributed by atoms with Crippen LogP contribution in [0, 0.1) is 0 Å². The number of ether oxygens (including phenoxy) is 1. The third kappa shape index (κ3) is 5.53. The molecule has 0 bridgehead atoms. The molecule has 0 atom stereocenters. The van der Waals surface area contributed by atoms with Crippen molar-refractivity contribution in [2.24, 2.45) is 0 Å². The fourth-order valence-corrected chi connectivity index (χ4v) is 1.13. The average Bonchev–Trinajstić information content (AvgIpc) is 2.26. The summed E-state index contributed by atoms with van der Waals surface area (Å²) in [5.41, 5.74) is 6.27. The van der Waals surface area contributed by atoms with E-state index in [1.165, 1.54) is 0 Å². The molecule has 86 valence electrons. The highest BCUT2D eigenvalue weighted by molar-refractivity contribution is 6.32. The zero-order valence-corrected chi connectivity index (χ0v) is 10.5. The number of nitrogen functional groups attached to an aromatic ring is 1. The number of anilines is 1. The Bertz CT molecular complexity index is 276. The molecule has 15 heavy (non-hydrogen) atoms. The highest BCUT2D eigenvalue weighted by Crippen LogP contribution is 2.26. The SMILES string of the molecule is CC.CCCCOc1cc(N)ccc1Cl. The maximum absolute atomic E-state index is 5.89. The summed E-state index contributed by atoms with van der Waals surface area (Å²) in [6.45, 7) is 6.81. The van der Waals surface area contributed by atoms with Gasteiger partial charge in [0.2, 0.25) is 0 Å². The zero-order chi connectivity index (χ0) is 11.7. The van der Waals surface area contributed by atoms with Gasteiger partial charge in [-0.3, -0.25) is 0 Å². The van der Waals surface area contributed by atoms with Gasteiger partial charge in [0.25, 0.3) is 0 Å². The van der Waals surface area contributed by atoms with Gasteiger partial charge >= 0.3 is 0 Å². The van der Waals surface area contributed by atoms with E-state index in [4.69, 9.17) is 22.1 Å². The molecule has 3 heteroatoms. The van der Waals surface area contributed by atoms with Crippen molar-refractivity contribution in [1.82, 2.24) is 0 Å². The molecule has 0 amide bonds. The first-order valence-corrected chi connectivity index (χ1v) is 5.79. The Kier molecular flexibility index (Phi) is 7.92. The second-order valence-electron chi connectivity index (χ2n) is 2.89. The summed E-state index contributed by atoms with van der Waals surface area (Å²) in [5.74, 6) is 0.676. The highest BCUT2D eigenvalue weighted by atomic mass is 35.5. The molecule has 0 radical (unpaired) electrons. The molecule has 1 aromatic rings. The molecule has 0 heterocycles. The molecule has 0 aromatic heterocycles. The molecule has 0 saturated heterocycles. The Hall–Kier alpha value is -0.890. The lowest BCUT2D eigenvalue weighted by Gasteiger charge is -2.07. The fraction of sp³-hybridized carbons (Fsp3) is 0.500. The van der Waals surface area contributed by atoms with Crippen LogP contribution in [-0.2, 0) is 0 Å². The second-order valence-corrected chi connectivity index (χ2v) is 3.30. The first kappa shape index (κ1) is 14.1. The number of rotatable bonds is 4. The van der Waals surface area contributed by atoms with E-state index in [0.29, 0.717) is 23.1 Å².